The molecular formula is C27H47NO. The summed E-state index contributed by atoms with van der Waals surface area (Å²) in [5.74, 6) is 0.587. The van der Waals surface area contributed by atoms with E-state index in [-0.39, 0.29) is 5.91 Å². The molecule has 0 saturated heterocycles. The molecule has 1 unspecified atom stereocenters. The zero-order valence-electron chi connectivity index (χ0n) is 19.4. The van der Waals surface area contributed by atoms with Crippen LogP contribution in [0, 0.1) is 0 Å². The second-order valence-corrected chi connectivity index (χ2v) is 8.82. The molecule has 0 aliphatic heterocycles. The van der Waals surface area contributed by atoms with Crippen LogP contribution in [0.15, 0.2) is 30.3 Å². The fraction of sp³-hybridized carbons (Fsp3) is 0.741. The lowest BCUT2D eigenvalue weighted by Crippen LogP contribution is -2.27. The molecule has 29 heavy (non-hydrogen) atoms. The number of unbranched alkanes of at least 4 members (excludes halogenated alkanes) is 14. The Labute approximate surface area is 181 Å². The zero-order valence-corrected chi connectivity index (χ0v) is 19.4. The Hall–Kier alpha value is -1.31. The van der Waals surface area contributed by atoms with E-state index in [0.717, 1.165) is 13.0 Å². The Morgan fingerprint density at radius 1 is 0.724 bits per heavy atom. The third-order valence-corrected chi connectivity index (χ3v) is 5.98. The van der Waals surface area contributed by atoms with E-state index >= 15 is 0 Å². The largest absolute Gasteiger partial charge is 0.356 e. The quantitative estimate of drug-likeness (QED) is 0.233. The topological polar surface area (TPSA) is 29.1 Å². The molecule has 0 heterocycles. The lowest BCUT2D eigenvalue weighted by molar-refractivity contribution is -0.121. The molecule has 1 rings (SSSR count). The molecule has 0 spiro atoms. The Bertz CT molecular complexity index is 485. The molecule has 0 aliphatic carbocycles. The Morgan fingerprint density at radius 3 is 1.66 bits per heavy atom. The van der Waals surface area contributed by atoms with E-state index in [9.17, 15) is 4.79 Å². The highest BCUT2D eigenvalue weighted by molar-refractivity contribution is 5.75. The smallest absolute Gasteiger partial charge is 0.220 e. The van der Waals surface area contributed by atoms with Crippen LogP contribution in [-0.2, 0) is 4.79 Å². The zero-order chi connectivity index (χ0) is 21.0. The first-order valence-corrected chi connectivity index (χ1v) is 12.6. The van der Waals surface area contributed by atoms with Crippen molar-refractivity contribution in [2.75, 3.05) is 6.54 Å². The molecule has 1 atom stereocenters. The van der Waals surface area contributed by atoms with Gasteiger partial charge in [-0.3, -0.25) is 4.79 Å². The van der Waals surface area contributed by atoms with Gasteiger partial charge in [0.05, 0.1) is 0 Å². The number of carbonyl (C=O) groups excluding carboxylic acids is 1. The first-order valence-electron chi connectivity index (χ1n) is 12.6. The molecule has 0 bridgehead atoms. The number of rotatable bonds is 19. The lowest BCUT2D eigenvalue weighted by atomic mass is 10.0. The van der Waals surface area contributed by atoms with Crippen molar-refractivity contribution in [2.24, 2.45) is 0 Å². The molecular weight excluding hydrogens is 354 g/mol. The van der Waals surface area contributed by atoms with Gasteiger partial charge in [-0.1, -0.05) is 134 Å². The molecule has 0 aliphatic rings. The summed E-state index contributed by atoms with van der Waals surface area (Å²) < 4.78 is 0. The van der Waals surface area contributed by atoms with Gasteiger partial charge in [0.25, 0.3) is 0 Å². The summed E-state index contributed by atoms with van der Waals surface area (Å²) in [5, 5.41) is 3.09. The number of nitrogens with one attached hydrogen (secondary N) is 1. The third kappa shape index (κ3) is 15.2. The van der Waals surface area contributed by atoms with Gasteiger partial charge in [-0.15, -0.1) is 0 Å². The molecule has 1 aromatic rings. The third-order valence-electron chi connectivity index (χ3n) is 5.98. The molecule has 2 nitrogen and oxygen atoms in total. The van der Waals surface area contributed by atoms with Crippen molar-refractivity contribution in [1.82, 2.24) is 5.32 Å². The first-order chi connectivity index (χ1) is 14.2. The summed E-state index contributed by atoms with van der Waals surface area (Å²) in [5.41, 5.74) is 1.29. The van der Waals surface area contributed by atoms with Gasteiger partial charge in [0.15, 0.2) is 0 Å². The fourth-order valence-electron chi connectivity index (χ4n) is 3.91. The maximum atomic E-state index is 12.0. The molecule has 0 aromatic heterocycles. The highest BCUT2D eigenvalue weighted by Crippen LogP contribution is 2.15. The van der Waals surface area contributed by atoms with Crippen LogP contribution in [0.1, 0.15) is 128 Å². The molecule has 1 amide bonds. The molecule has 0 saturated carbocycles. The monoisotopic (exact) mass is 401 g/mol. The Kier molecular flexibility index (Phi) is 16.6. The normalized spacial score (nSPS) is 12.1. The molecule has 2 heteroatoms. The van der Waals surface area contributed by atoms with Crippen molar-refractivity contribution < 1.29 is 4.79 Å². The van der Waals surface area contributed by atoms with E-state index in [1.165, 1.54) is 95.5 Å². The highest BCUT2D eigenvalue weighted by Gasteiger charge is 2.07. The van der Waals surface area contributed by atoms with Gasteiger partial charge in [0.1, 0.15) is 0 Å². The first kappa shape index (κ1) is 25.7. The number of benzene rings is 1. The number of carbonyl (C=O) groups is 1. The standard InChI is InChI=1S/C27H47NO/c1-3-4-5-6-7-8-9-10-11-12-13-14-15-16-20-23-27(29)28-24-25(2)26-21-18-17-19-22-26/h17-19,21-22,25H,3-16,20,23-24H2,1-2H3,(H,28,29). The van der Waals surface area contributed by atoms with Crippen LogP contribution in [0.4, 0.5) is 0 Å². The van der Waals surface area contributed by atoms with Crippen molar-refractivity contribution in [3.63, 3.8) is 0 Å². The summed E-state index contributed by atoms with van der Waals surface area (Å²) in [4.78, 5) is 12.0. The van der Waals surface area contributed by atoms with Gasteiger partial charge in [-0.2, -0.15) is 0 Å². The van der Waals surface area contributed by atoms with Crippen LogP contribution < -0.4 is 5.32 Å². The Morgan fingerprint density at radius 2 is 1.17 bits per heavy atom. The average Bonchev–Trinajstić information content (AvgIpc) is 2.75. The number of hydrogen-bond acceptors (Lipinski definition) is 1. The summed E-state index contributed by atoms with van der Waals surface area (Å²) in [6, 6.07) is 10.4. The molecule has 1 aromatic carbocycles. The van der Waals surface area contributed by atoms with Gasteiger partial charge in [-0.25, -0.2) is 0 Å². The Balaban J connectivity index is 1.82. The van der Waals surface area contributed by atoms with E-state index in [0.29, 0.717) is 12.3 Å². The van der Waals surface area contributed by atoms with Gasteiger partial charge in [-0.05, 0) is 17.9 Å². The minimum Gasteiger partial charge on any atom is -0.356 e. The second kappa shape index (κ2) is 18.7. The van der Waals surface area contributed by atoms with E-state index in [1.807, 2.05) is 6.07 Å². The predicted octanol–water partition coefficient (Wildman–Crippen LogP) is 8.17. The van der Waals surface area contributed by atoms with E-state index in [2.05, 4.69) is 43.4 Å². The summed E-state index contributed by atoms with van der Waals surface area (Å²) >= 11 is 0. The molecule has 166 valence electrons. The minimum absolute atomic E-state index is 0.211. The summed E-state index contributed by atoms with van der Waals surface area (Å²) in [6.45, 7) is 5.19. The van der Waals surface area contributed by atoms with E-state index in [1.54, 1.807) is 0 Å². The van der Waals surface area contributed by atoms with Gasteiger partial charge in [0, 0.05) is 13.0 Å². The second-order valence-electron chi connectivity index (χ2n) is 8.82. The van der Waals surface area contributed by atoms with Crippen LogP contribution in [0.5, 0.6) is 0 Å². The molecule has 1 N–H and O–H groups in total. The van der Waals surface area contributed by atoms with Crippen LogP contribution in [0.3, 0.4) is 0 Å². The minimum atomic E-state index is 0.211. The maximum Gasteiger partial charge on any atom is 0.220 e. The summed E-state index contributed by atoms with van der Waals surface area (Å²) in [6.07, 6.45) is 21.1. The van der Waals surface area contributed by atoms with Gasteiger partial charge < -0.3 is 5.32 Å². The predicted molar refractivity (Wildman–Crippen MR) is 127 cm³/mol. The van der Waals surface area contributed by atoms with Crippen molar-refractivity contribution in [2.45, 2.75) is 122 Å². The maximum absolute atomic E-state index is 12.0. The van der Waals surface area contributed by atoms with Crippen molar-refractivity contribution >= 4 is 5.91 Å². The van der Waals surface area contributed by atoms with Crippen LogP contribution in [0.25, 0.3) is 0 Å². The highest BCUT2D eigenvalue weighted by atomic mass is 16.1. The van der Waals surface area contributed by atoms with Crippen molar-refractivity contribution in [3.8, 4) is 0 Å². The average molecular weight is 402 g/mol. The van der Waals surface area contributed by atoms with E-state index in [4.69, 9.17) is 0 Å². The lowest BCUT2D eigenvalue weighted by Gasteiger charge is -2.13. The van der Waals surface area contributed by atoms with Crippen molar-refractivity contribution in [3.05, 3.63) is 35.9 Å². The number of amides is 1. The molecule has 0 fully saturated rings. The van der Waals surface area contributed by atoms with Gasteiger partial charge in [0.2, 0.25) is 5.91 Å². The van der Waals surface area contributed by atoms with Crippen LogP contribution >= 0.6 is 0 Å². The summed E-state index contributed by atoms with van der Waals surface area (Å²) in [7, 11) is 0. The SMILES string of the molecule is CCCCCCCCCCCCCCCCCC(=O)NCC(C)c1ccccc1. The van der Waals surface area contributed by atoms with E-state index < -0.39 is 0 Å². The van der Waals surface area contributed by atoms with Crippen LogP contribution in [0.2, 0.25) is 0 Å². The fourth-order valence-corrected chi connectivity index (χ4v) is 3.91. The van der Waals surface area contributed by atoms with Crippen molar-refractivity contribution in [1.29, 1.82) is 0 Å². The number of hydrogen-bond donors (Lipinski definition) is 1. The van der Waals surface area contributed by atoms with Crippen LogP contribution in [-0.4, -0.2) is 12.5 Å². The van der Waals surface area contributed by atoms with Gasteiger partial charge >= 0.3 is 0 Å². The molecule has 0 radical (unpaired) electrons.